The fourth-order valence-electron chi connectivity index (χ4n) is 15.6. The molecule has 9 heterocycles. The van der Waals surface area contributed by atoms with E-state index in [1.807, 2.05) is 48.7 Å². The molecule has 3 fully saturated rings. The monoisotopic (exact) mass is 1900 g/mol. The summed E-state index contributed by atoms with van der Waals surface area (Å²) in [6, 6.07) is 39.4. The second kappa shape index (κ2) is 50.1. The van der Waals surface area contributed by atoms with E-state index in [0.717, 1.165) is 152 Å². The third-order valence-corrected chi connectivity index (χ3v) is 22.6. The van der Waals surface area contributed by atoms with Crippen molar-refractivity contribution in [3.8, 4) is 79.4 Å². The second-order valence-electron chi connectivity index (χ2n) is 30.8. The number of carboxylic acids is 1. The zero-order valence-corrected chi connectivity index (χ0v) is 74.0. The first-order valence-corrected chi connectivity index (χ1v) is 42.2. The molecule has 17 rings (SSSR count). The molecule has 0 unspecified atom stereocenters. The number of pyridine rings is 3. The number of hydrogen-bond donors (Lipinski definition) is 5. The number of halogens is 6. The lowest BCUT2D eigenvalue weighted by Gasteiger charge is -2.34. The lowest BCUT2D eigenvalue weighted by Crippen LogP contribution is -2.45. The van der Waals surface area contributed by atoms with Crippen molar-refractivity contribution in [3.63, 3.8) is 0 Å². The maximum atomic E-state index is 15.3. The molecule has 0 bridgehead atoms. The summed E-state index contributed by atoms with van der Waals surface area (Å²) in [6.07, 6.45) is 13.6. The Bertz CT molecular complexity index is 6360. The van der Waals surface area contributed by atoms with Crippen LogP contribution in [0.5, 0.6) is 46.0 Å². The number of nitrogens with one attached hydrogen (secondary N) is 3. The van der Waals surface area contributed by atoms with Crippen LogP contribution in [0.2, 0.25) is 0 Å². The third kappa shape index (κ3) is 25.3. The van der Waals surface area contributed by atoms with Crippen molar-refractivity contribution in [2.75, 3.05) is 152 Å². The van der Waals surface area contributed by atoms with Gasteiger partial charge >= 0.3 is 5.97 Å². The number of methoxy groups -OCH3 is 8. The molecular weight excluding hydrogens is 1780 g/mol. The van der Waals surface area contributed by atoms with Crippen LogP contribution in [0.15, 0.2) is 195 Å². The number of aromatic carboxylic acids is 1. The SMILES string of the molecule is C.C.C.C.C.COc1cc(OC)c(F)c(-c2ccc(C(=O)Nc3ccc(CN4CCNCC4)cn3)c3nccnc23)c1F.COc1cc(OC)c(F)c(-c2ccc(C(=O)O)c3nccnc23)c1F.COc1ccc(CN2CCN(Cc3ccc(N)nc3)CC2)cc1.COc1ccc(CN2CCN(Cc3ccc(NC(=O)c4ccc(-c5c(F)c(OC)cc(OC)c5F)c5nccnc45)nc3)CC2)cc1. The molecule has 0 radical (unpaired) electrons. The van der Waals surface area contributed by atoms with Crippen LogP contribution < -0.4 is 59.6 Å². The number of amides is 2. The maximum Gasteiger partial charge on any atom is 0.337 e. The van der Waals surface area contributed by atoms with Crippen molar-refractivity contribution < 1.29 is 83.7 Å². The van der Waals surface area contributed by atoms with E-state index < -0.39 is 63.8 Å². The Balaban J connectivity index is 0.000000211. The van der Waals surface area contributed by atoms with Crippen LogP contribution in [-0.4, -0.2) is 228 Å². The Hall–Kier alpha value is -14.8. The van der Waals surface area contributed by atoms with Gasteiger partial charge < -0.3 is 64.7 Å². The van der Waals surface area contributed by atoms with Crippen molar-refractivity contribution in [2.24, 2.45) is 0 Å². The Kier molecular flexibility index (Phi) is 38.8. The van der Waals surface area contributed by atoms with Gasteiger partial charge in [-0.25, -0.2) is 46.1 Å². The minimum absolute atomic E-state index is 0. The number of carbonyl (C=O) groups excluding carboxylic acids is 2. The van der Waals surface area contributed by atoms with Gasteiger partial charge in [0.15, 0.2) is 69.4 Å². The van der Waals surface area contributed by atoms with Gasteiger partial charge in [-0.1, -0.05) is 97.8 Å². The number of ether oxygens (including phenoxy) is 8. The van der Waals surface area contributed by atoms with Crippen LogP contribution in [0.4, 0.5) is 43.8 Å². The Morgan fingerprint density at radius 3 is 0.855 bits per heavy atom. The van der Waals surface area contributed by atoms with Crippen LogP contribution in [0.3, 0.4) is 0 Å². The van der Waals surface area contributed by atoms with Crippen molar-refractivity contribution in [1.82, 2.24) is 74.7 Å². The highest BCUT2D eigenvalue weighted by Gasteiger charge is 2.31. The van der Waals surface area contributed by atoms with Crippen LogP contribution in [0.1, 0.15) is 96.0 Å². The quantitative estimate of drug-likeness (QED) is 0.0314. The van der Waals surface area contributed by atoms with Gasteiger partial charge in [0.2, 0.25) is 0 Å². The van der Waals surface area contributed by atoms with Gasteiger partial charge in [-0.05, 0) is 88.5 Å². The first-order valence-electron chi connectivity index (χ1n) is 42.2. The molecule has 0 saturated carbocycles. The number of carboxylic acid groups (broad SMARTS) is 1. The molecule has 3 aliphatic heterocycles. The molecule has 6 aromatic heterocycles. The predicted octanol–water partition coefficient (Wildman–Crippen LogP) is 17.7. The first kappa shape index (κ1) is 107. The summed E-state index contributed by atoms with van der Waals surface area (Å²) < 4.78 is 131. The molecule has 3 aliphatic rings. The lowest BCUT2D eigenvalue weighted by atomic mass is 9.98. The molecule has 8 aromatic carbocycles. The van der Waals surface area contributed by atoms with Crippen molar-refractivity contribution in [1.29, 1.82) is 0 Å². The summed E-state index contributed by atoms with van der Waals surface area (Å²) in [5.41, 5.74) is 11.5. The van der Waals surface area contributed by atoms with E-state index in [9.17, 15) is 28.3 Å². The molecule has 0 atom stereocenters. The minimum atomic E-state index is -1.22. The summed E-state index contributed by atoms with van der Waals surface area (Å²) in [7, 11) is 11.0. The topological polar surface area (TPSA) is 340 Å². The summed E-state index contributed by atoms with van der Waals surface area (Å²) in [5, 5.41) is 18.2. The number of piperazine rings is 3. The van der Waals surface area contributed by atoms with Crippen LogP contribution >= 0.6 is 0 Å². The van der Waals surface area contributed by atoms with Crippen LogP contribution in [0, 0.1) is 34.9 Å². The fourth-order valence-corrected chi connectivity index (χ4v) is 15.6. The Labute approximate surface area is 798 Å². The van der Waals surface area contributed by atoms with Gasteiger partial charge in [0, 0.05) is 202 Å². The molecule has 2 amide bonds. The average Bonchev–Trinajstić information content (AvgIpc) is 0.757. The molecule has 0 aliphatic carbocycles. The van der Waals surface area contributed by atoms with Gasteiger partial charge in [-0.2, -0.15) is 0 Å². The van der Waals surface area contributed by atoms with E-state index in [4.69, 9.17) is 43.6 Å². The van der Waals surface area contributed by atoms with E-state index in [2.05, 4.69) is 116 Å². The molecule has 728 valence electrons. The normalized spacial score (nSPS) is 13.2. The largest absolute Gasteiger partial charge is 0.497 e. The minimum Gasteiger partial charge on any atom is -0.497 e. The smallest absolute Gasteiger partial charge is 0.337 e. The highest BCUT2D eigenvalue weighted by molar-refractivity contribution is 6.14. The maximum absolute atomic E-state index is 15.3. The number of nitrogen functional groups attached to an aromatic ring is 1. The summed E-state index contributed by atoms with van der Waals surface area (Å²) in [4.78, 5) is 88.3. The van der Waals surface area contributed by atoms with E-state index in [0.29, 0.717) is 17.5 Å². The van der Waals surface area contributed by atoms with E-state index in [-0.39, 0.29) is 144 Å². The number of hydrogen-bond acceptors (Lipinski definition) is 27. The fraction of sp³-hybridized carbons (Fsp3) is 0.294. The summed E-state index contributed by atoms with van der Waals surface area (Å²) in [6.45, 7) is 16.4. The van der Waals surface area contributed by atoms with Crippen LogP contribution in [0.25, 0.3) is 66.5 Å². The number of carbonyl (C=O) groups is 3. The highest BCUT2D eigenvalue weighted by Crippen LogP contribution is 2.44. The molecular formula is C102H116F6N18O12. The zero-order valence-electron chi connectivity index (χ0n) is 74.0. The van der Waals surface area contributed by atoms with Gasteiger partial charge in [0.1, 0.15) is 45.5 Å². The molecule has 36 heteroatoms. The second-order valence-corrected chi connectivity index (χ2v) is 30.8. The van der Waals surface area contributed by atoms with E-state index >= 15 is 17.6 Å². The summed E-state index contributed by atoms with van der Waals surface area (Å²) in [5.74, 6) is -5.88. The first-order chi connectivity index (χ1) is 64.6. The van der Waals surface area contributed by atoms with Crippen molar-refractivity contribution in [2.45, 2.75) is 69.9 Å². The average molecular weight is 1900 g/mol. The molecule has 30 nitrogen and oxygen atoms in total. The Morgan fingerprint density at radius 2 is 0.587 bits per heavy atom. The van der Waals surface area contributed by atoms with Gasteiger partial charge in [-0.15, -0.1) is 0 Å². The molecule has 0 spiro atoms. The number of aromatic nitrogens is 9. The van der Waals surface area contributed by atoms with Crippen LogP contribution in [-0.2, 0) is 32.7 Å². The standard InChI is InChI=1S/C35H34F2N6O4.C27H26F2N6O3.C18H24N4O.C17H12F2N2O4.5CH4/c1-45-24-7-4-22(5-8-24)20-42-14-16-43(17-15-42)21-23-6-11-29(40-19-23)41-35(44)26-10-9-25(33-34(26)39-13-12-38-33)30-31(36)27(46-2)18-28(47-3)32(30)37;1-37-19-13-20(38-2)24(29)22(23(19)28)17-4-5-18(26-25(17)31-7-8-32-26)27(36)34-21-6-3-16(14-33-21)15-35-11-9-30-10-12-35;1-23-17-5-2-15(3-6-17)13-21-8-10-22(11-9-21)14-16-4-7-18(19)20-12-16;1-24-10-7-11(25-2)14(19)12(13(10)18)8-3-4-9(17(22)23)16-15(8)20-5-6-21-16;;;;;/h4-13,18-19H,14-17,20-21H2,1-3H3,(H,40,41,44);3-8,13-14,30H,9-12,15H2,1-2H3,(H,33,34,36);2-7,12H,8-11,13-14H2,1H3,(H2,19,20);3-7H,1-2H3,(H,22,23);5*1H4. The van der Waals surface area contributed by atoms with E-state index in [1.54, 1.807) is 38.7 Å². The van der Waals surface area contributed by atoms with Gasteiger partial charge in [0.05, 0.1) is 107 Å². The predicted molar refractivity (Wildman–Crippen MR) is 523 cm³/mol. The number of anilines is 3. The van der Waals surface area contributed by atoms with Gasteiger partial charge in [-0.3, -0.25) is 64.0 Å². The van der Waals surface area contributed by atoms with Gasteiger partial charge in [0.25, 0.3) is 11.8 Å². The number of nitrogens with zero attached hydrogens (tertiary/aromatic N) is 14. The molecule has 3 saturated heterocycles. The third-order valence-electron chi connectivity index (χ3n) is 22.6. The molecule has 138 heavy (non-hydrogen) atoms. The molecule has 14 aromatic rings. The number of fused-ring (bicyclic) bond motifs is 3. The highest BCUT2D eigenvalue weighted by atomic mass is 19.2. The Morgan fingerprint density at radius 1 is 0.326 bits per heavy atom. The molecule has 6 N–H and O–H groups in total. The van der Waals surface area contributed by atoms with Crippen molar-refractivity contribution in [3.05, 3.63) is 275 Å². The lowest BCUT2D eigenvalue weighted by molar-refractivity contribution is 0.0698. The van der Waals surface area contributed by atoms with E-state index in [1.165, 1.54) is 133 Å². The van der Waals surface area contributed by atoms with Crippen molar-refractivity contribution >= 4 is 68.3 Å². The number of rotatable bonds is 26. The number of nitrogens with two attached hydrogens (primary N) is 1. The summed E-state index contributed by atoms with van der Waals surface area (Å²) >= 11 is 0. The zero-order chi connectivity index (χ0) is 93.8. The number of benzene rings is 8.